The highest BCUT2D eigenvalue weighted by atomic mass is 35.5. The molecule has 1 fully saturated rings. The van der Waals surface area contributed by atoms with Crippen LogP contribution < -0.4 is 0 Å². The first-order valence-electron chi connectivity index (χ1n) is 9.21. The molecule has 0 bridgehead atoms. The molecule has 0 aliphatic carbocycles. The van der Waals surface area contributed by atoms with Crippen LogP contribution in [0.3, 0.4) is 0 Å². The number of hydrogen-bond acceptors (Lipinski definition) is 3. The highest BCUT2D eigenvalue weighted by molar-refractivity contribution is 6.31. The molecule has 2 aliphatic rings. The average molecular weight is 370 g/mol. The van der Waals surface area contributed by atoms with E-state index in [-0.39, 0.29) is 11.9 Å². The summed E-state index contributed by atoms with van der Waals surface area (Å²) in [4.78, 5) is 23.4. The third-order valence-electron chi connectivity index (χ3n) is 5.50. The second kappa shape index (κ2) is 6.13. The summed E-state index contributed by atoms with van der Waals surface area (Å²) in [5, 5.41) is 5.07. The quantitative estimate of drug-likeness (QED) is 0.748. The maximum Gasteiger partial charge on any atom is 0.257 e. The summed E-state index contributed by atoms with van der Waals surface area (Å²) in [6.45, 7) is 1.67. The van der Waals surface area contributed by atoms with Gasteiger partial charge >= 0.3 is 0 Å². The van der Waals surface area contributed by atoms with Crippen LogP contribution in [0.15, 0.2) is 24.4 Å². The van der Waals surface area contributed by atoms with Crippen molar-refractivity contribution in [1.29, 1.82) is 0 Å². The number of aryl methyl sites for hydroxylation is 1. The molecular formula is C19H20ClN5O. The van der Waals surface area contributed by atoms with Crippen molar-refractivity contribution >= 4 is 28.5 Å². The molecule has 1 aromatic carbocycles. The first-order chi connectivity index (χ1) is 12.7. The number of rotatable bonds is 2. The Morgan fingerprint density at radius 1 is 1.23 bits per heavy atom. The molecule has 134 valence electrons. The van der Waals surface area contributed by atoms with Gasteiger partial charge in [-0.2, -0.15) is 5.10 Å². The molecule has 0 radical (unpaired) electrons. The Balaban J connectivity index is 1.50. The fraction of sp³-hybridized carbons (Fsp3) is 0.421. The molecule has 2 aromatic heterocycles. The maximum atomic E-state index is 13.3. The fourth-order valence-electron chi connectivity index (χ4n) is 4.22. The zero-order valence-corrected chi connectivity index (χ0v) is 15.2. The van der Waals surface area contributed by atoms with E-state index in [4.69, 9.17) is 16.6 Å². The average Bonchev–Trinajstić information content (AvgIpc) is 3.35. The highest BCUT2D eigenvalue weighted by Crippen LogP contribution is 2.33. The topological polar surface area (TPSA) is 66.8 Å². The van der Waals surface area contributed by atoms with E-state index >= 15 is 0 Å². The Morgan fingerprint density at radius 3 is 3.08 bits per heavy atom. The molecule has 5 rings (SSSR count). The van der Waals surface area contributed by atoms with Gasteiger partial charge in [-0.25, -0.2) is 4.98 Å². The summed E-state index contributed by atoms with van der Waals surface area (Å²) in [5.41, 5.74) is 3.63. The Hall–Kier alpha value is -2.34. The third-order valence-corrected chi connectivity index (χ3v) is 5.74. The summed E-state index contributed by atoms with van der Waals surface area (Å²) in [7, 11) is 0. The van der Waals surface area contributed by atoms with Crippen molar-refractivity contribution in [2.24, 2.45) is 0 Å². The Labute approximate surface area is 156 Å². The monoisotopic (exact) mass is 369 g/mol. The van der Waals surface area contributed by atoms with E-state index in [1.54, 1.807) is 6.20 Å². The summed E-state index contributed by atoms with van der Waals surface area (Å²) in [6.07, 6.45) is 6.78. The van der Waals surface area contributed by atoms with Crippen LogP contribution in [0.4, 0.5) is 0 Å². The maximum absolute atomic E-state index is 13.3. The van der Waals surface area contributed by atoms with E-state index in [1.807, 2.05) is 27.8 Å². The number of halogens is 1. The second-order valence-corrected chi connectivity index (χ2v) is 7.56. The summed E-state index contributed by atoms with van der Waals surface area (Å²) >= 11 is 6.09. The number of amides is 1. The van der Waals surface area contributed by atoms with E-state index in [1.165, 1.54) is 0 Å². The minimum absolute atomic E-state index is 0.0284. The van der Waals surface area contributed by atoms with Gasteiger partial charge in [0.05, 0.1) is 34.5 Å². The number of aromatic amines is 1. The smallest absolute Gasteiger partial charge is 0.257 e. The molecule has 1 atom stereocenters. The minimum atomic E-state index is -0.0284. The Morgan fingerprint density at radius 2 is 2.15 bits per heavy atom. The number of nitrogens with one attached hydrogen (secondary N) is 1. The van der Waals surface area contributed by atoms with Gasteiger partial charge in [0.1, 0.15) is 5.82 Å². The lowest BCUT2D eigenvalue weighted by Gasteiger charge is -2.34. The van der Waals surface area contributed by atoms with Crippen molar-refractivity contribution in [3.05, 3.63) is 46.5 Å². The van der Waals surface area contributed by atoms with Crippen molar-refractivity contribution in [3.63, 3.8) is 0 Å². The first kappa shape index (κ1) is 15.9. The van der Waals surface area contributed by atoms with Gasteiger partial charge in [-0.3, -0.25) is 9.48 Å². The standard InChI is InChI=1S/C19H20ClN5O/c20-12-6-7-14-15(10-12)23-18(22-14)17-4-1-2-8-24(17)19(26)13-11-21-25-9-3-5-16(13)25/h6-7,10-11,17H,1-5,8-9H2,(H,22,23). The molecule has 1 N–H and O–H groups in total. The normalized spacial score (nSPS) is 19.9. The molecule has 1 amide bonds. The lowest BCUT2D eigenvalue weighted by atomic mass is 10.00. The van der Waals surface area contributed by atoms with Crippen LogP contribution in [0.25, 0.3) is 11.0 Å². The summed E-state index contributed by atoms with van der Waals surface area (Å²) < 4.78 is 1.97. The van der Waals surface area contributed by atoms with Gasteiger partial charge in [-0.1, -0.05) is 11.6 Å². The zero-order chi connectivity index (χ0) is 17.7. The molecular weight excluding hydrogens is 350 g/mol. The minimum Gasteiger partial charge on any atom is -0.340 e. The van der Waals surface area contributed by atoms with Crippen molar-refractivity contribution in [2.75, 3.05) is 6.54 Å². The van der Waals surface area contributed by atoms with Gasteiger partial charge in [0, 0.05) is 18.1 Å². The number of carbonyl (C=O) groups is 1. The molecule has 1 saturated heterocycles. The van der Waals surface area contributed by atoms with Gasteiger partial charge in [-0.05, 0) is 50.3 Å². The SMILES string of the molecule is O=C(c1cnn2c1CCC2)N1CCCCC1c1nc2ccc(Cl)cc2[nH]1. The number of benzene rings is 1. The lowest BCUT2D eigenvalue weighted by Crippen LogP contribution is -2.39. The van der Waals surface area contributed by atoms with E-state index in [2.05, 4.69) is 10.1 Å². The zero-order valence-electron chi connectivity index (χ0n) is 14.4. The summed E-state index contributed by atoms with van der Waals surface area (Å²) in [6, 6.07) is 5.61. The fourth-order valence-corrected chi connectivity index (χ4v) is 4.39. The van der Waals surface area contributed by atoms with Gasteiger partial charge < -0.3 is 9.88 Å². The highest BCUT2D eigenvalue weighted by Gasteiger charge is 2.33. The molecule has 3 aromatic rings. The van der Waals surface area contributed by atoms with Crippen LogP contribution in [-0.2, 0) is 13.0 Å². The van der Waals surface area contributed by atoms with Crippen LogP contribution in [0, 0.1) is 0 Å². The molecule has 2 aliphatic heterocycles. The van der Waals surface area contributed by atoms with Crippen LogP contribution in [0.5, 0.6) is 0 Å². The molecule has 1 unspecified atom stereocenters. The van der Waals surface area contributed by atoms with Crippen molar-refractivity contribution in [1.82, 2.24) is 24.6 Å². The number of hydrogen-bond donors (Lipinski definition) is 1. The third kappa shape index (κ3) is 2.51. The van der Waals surface area contributed by atoms with Crippen LogP contribution >= 0.6 is 11.6 Å². The lowest BCUT2D eigenvalue weighted by molar-refractivity contribution is 0.0600. The number of H-pyrrole nitrogens is 1. The Kier molecular flexibility index (Phi) is 3.74. The van der Waals surface area contributed by atoms with E-state index in [9.17, 15) is 4.79 Å². The predicted octanol–water partition coefficient (Wildman–Crippen LogP) is 3.73. The molecule has 4 heterocycles. The van der Waals surface area contributed by atoms with Gasteiger partial charge in [0.2, 0.25) is 0 Å². The molecule has 26 heavy (non-hydrogen) atoms. The summed E-state index contributed by atoms with van der Waals surface area (Å²) in [5.74, 6) is 0.926. The van der Waals surface area contributed by atoms with E-state index < -0.39 is 0 Å². The van der Waals surface area contributed by atoms with Gasteiger partial charge in [0.25, 0.3) is 5.91 Å². The number of aromatic nitrogens is 4. The number of likely N-dealkylation sites (tertiary alicyclic amines) is 1. The Bertz CT molecular complexity index is 991. The van der Waals surface area contributed by atoms with Crippen LogP contribution in [0.2, 0.25) is 5.02 Å². The number of fused-ring (bicyclic) bond motifs is 2. The van der Waals surface area contributed by atoms with Crippen molar-refractivity contribution in [3.8, 4) is 0 Å². The molecule has 0 spiro atoms. The molecule has 0 saturated carbocycles. The molecule has 6 nitrogen and oxygen atoms in total. The number of piperidine rings is 1. The van der Waals surface area contributed by atoms with E-state index in [0.29, 0.717) is 5.02 Å². The van der Waals surface area contributed by atoms with Crippen molar-refractivity contribution < 1.29 is 4.79 Å². The van der Waals surface area contributed by atoms with Crippen molar-refractivity contribution in [2.45, 2.75) is 44.7 Å². The molecule has 7 heteroatoms. The van der Waals surface area contributed by atoms with E-state index in [0.717, 1.165) is 73.3 Å². The largest absolute Gasteiger partial charge is 0.340 e. The van der Waals surface area contributed by atoms with Gasteiger partial charge in [-0.15, -0.1) is 0 Å². The number of nitrogens with zero attached hydrogens (tertiary/aromatic N) is 4. The van der Waals surface area contributed by atoms with Crippen LogP contribution in [-0.4, -0.2) is 37.1 Å². The second-order valence-electron chi connectivity index (χ2n) is 7.13. The number of imidazole rings is 1. The van der Waals surface area contributed by atoms with Gasteiger partial charge in [0.15, 0.2) is 0 Å². The van der Waals surface area contributed by atoms with Crippen LogP contribution in [0.1, 0.15) is 53.6 Å². The predicted molar refractivity (Wildman–Crippen MR) is 99.3 cm³/mol. The number of carbonyl (C=O) groups excluding carboxylic acids is 1. The first-order valence-corrected chi connectivity index (χ1v) is 9.59.